The van der Waals surface area contributed by atoms with Crippen molar-refractivity contribution in [2.24, 2.45) is 5.10 Å². The number of carbonyl (C=O) groups excluding carboxylic acids is 2. The van der Waals surface area contributed by atoms with Crippen molar-refractivity contribution in [1.82, 2.24) is 5.43 Å². The summed E-state index contributed by atoms with van der Waals surface area (Å²) in [5.41, 5.74) is 3.71. The van der Waals surface area contributed by atoms with Crippen LogP contribution in [-0.4, -0.2) is 26.4 Å². The lowest BCUT2D eigenvalue weighted by atomic mass is 10.2. The van der Waals surface area contributed by atoms with Crippen molar-refractivity contribution in [3.8, 4) is 5.75 Å². The Kier molecular flexibility index (Phi) is 7.70. The van der Waals surface area contributed by atoms with E-state index in [0.717, 1.165) is 0 Å². The van der Waals surface area contributed by atoms with Crippen LogP contribution in [0, 0.1) is 0 Å². The third-order valence-electron chi connectivity index (χ3n) is 4.11. The van der Waals surface area contributed by atoms with E-state index in [9.17, 15) is 18.0 Å². The van der Waals surface area contributed by atoms with Gasteiger partial charge >= 0.3 is 10.1 Å². The molecule has 33 heavy (non-hydrogen) atoms. The minimum absolute atomic E-state index is 0.0627. The molecule has 2 amide bonds. The van der Waals surface area contributed by atoms with Crippen molar-refractivity contribution in [2.75, 3.05) is 5.32 Å². The number of amides is 2. The maximum absolute atomic E-state index is 12.4. The molecule has 11 heteroatoms. The van der Waals surface area contributed by atoms with Crippen LogP contribution in [0.2, 0.25) is 10.0 Å². The largest absolute Gasteiger partial charge is 0.379 e. The van der Waals surface area contributed by atoms with Gasteiger partial charge in [0, 0.05) is 18.2 Å². The standard InChI is InChI=1S/C22H17Cl2N3O5S/c1-14(28)26-17-5-9-19(10-6-17)33(30,31)32-18-7-2-15(3-8-18)13-25-27-22(29)16-4-11-20(23)21(24)12-16/h2-13H,1H3,(H,26,28)(H,27,29). The van der Waals surface area contributed by atoms with E-state index in [-0.39, 0.29) is 21.6 Å². The molecule has 3 aromatic rings. The molecule has 0 saturated heterocycles. The van der Waals surface area contributed by atoms with Crippen LogP contribution in [0.1, 0.15) is 22.8 Å². The first kappa shape index (κ1) is 24.2. The van der Waals surface area contributed by atoms with Gasteiger partial charge in [0.2, 0.25) is 5.91 Å². The summed E-state index contributed by atoms with van der Waals surface area (Å²) in [6.07, 6.45) is 1.38. The molecule has 0 aliphatic rings. The molecule has 3 rings (SSSR count). The Balaban J connectivity index is 1.60. The predicted octanol–water partition coefficient (Wildman–Crippen LogP) is 4.48. The zero-order chi connectivity index (χ0) is 24.0. The molecule has 0 spiro atoms. The minimum Gasteiger partial charge on any atom is -0.379 e. The van der Waals surface area contributed by atoms with Gasteiger partial charge < -0.3 is 9.50 Å². The number of anilines is 1. The number of nitrogens with zero attached hydrogens (tertiary/aromatic N) is 1. The van der Waals surface area contributed by atoms with Gasteiger partial charge in [-0.3, -0.25) is 9.59 Å². The second-order valence-electron chi connectivity index (χ2n) is 6.64. The lowest BCUT2D eigenvalue weighted by molar-refractivity contribution is -0.114. The Hall–Kier alpha value is -3.40. The lowest BCUT2D eigenvalue weighted by Gasteiger charge is -2.08. The topological polar surface area (TPSA) is 114 Å². The van der Waals surface area contributed by atoms with Gasteiger partial charge in [-0.05, 0) is 72.3 Å². The third kappa shape index (κ3) is 6.79. The summed E-state index contributed by atoms with van der Waals surface area (Å²) in [4.78, 5) is 23.1. The van der Waals surface area contributed by atoms with Crippen molar-refractivity contribution >= 4 is 57.0 Å². The van der Waals surface area contributed by atoms with Crippen LogP contribution in [-0.2, 0) is 14.9 Å². The fourth-order valence-corrected chi connectivity index (χ4v) is 3.79. The summed E-state index contributed by atoms with van der Waals surface area (Å²) in [5, 5.41) is 7.00. The normalized spacial score (nSPS) is 11.2. The molecule has 3 aromatic carbocycles. The average molecular weight is 506 g/mol. The monoisotopic (exact) mass is 505 g/mol. The van der Waals surface area contributed by atoms with Crippen LogP contribution < -0.4 is 14.9 Å². The highest BCUT2D eigenvalue weighted by molar-refractivity contribution is 7.87. The van der Waals surface area contributed by atoms with Gasteiger partial charge in [-0.15, -0.1) is 0 Å². The molecule has 0 fully saturated rings. The molecule has 0 aliphatic carbocycles. The van der Waals surface area contributed by atoms with Crippen LogP contribution in [0.3, 0.4) is 0 Å². The third-order valence-corrected chi connectivity index (χ3v) is 6.11. The van der Waals surface area contributed by atoms with Gasteiger partial charge in [-0.25, -0.2) is 5.43 Å². The van der Waals surface area contributed by atoms with Crippen LogP contribution in [0.25, 0.3) is 0 Å². The van der Waals surface area contributed by atoms with Crippen molar-refractivity contribution in [3.63, 3.8) is 0 Å². The van der Waals surface area contributed by atoms with Crippen molar-refractivity contribution < 1.29 is 22.2 Å². The summed E-state index contributed by atoms with van der Waals surface area (Å²) in [7, 11) is -4.06. The number of halogens is 2. The van der Waals surface area contributed by atoms with E-state index >= 15 is 0 Å². The molecule has 0 aromatic heterocycles. The molecule has 0 bridgehead atoms. The molecule has 170 valence electrons. The van der Waals surface area contributed by atoms with Crippen LogP contribution in [0.4, 0.5) is 5.69 Å². The molecular weight excluding hydrogens is 489 g/mol. The smallest absolute Gasteiger partial charge is 0.339 e. The second-order valence-corrected chi connectivity index (χ2v) is 9.00. The highest BCUT2D eigenvalue weighted by Gasteiger charge is 2.16. The number of hydrogen-bond acceptors (Lipinski definition) is 6. The maximum atomic E-state index is 12.4. The van der Waals surface area contributed by atoms with Gasteiger partial charge in [0.05, 0.1) is 16.3 Å². The number of carbonyl (C=O) groups is 2. The van der Waals surface area contributed by atoms with E-state index in [1.165, 1.54) is 67.7 Å². The molecule has 8 nitrogen and oxygen atoms in total. The summed E-state index contributed by atoms with van der Waals surface area (Å²) >= 11 is 11.7. The molecule has 0 aliphatic heterocycles. The maximum Gasteiger partial charge on any atom is 0.339 e. The SMILES string of the molecule is CC(=O)Nc1ccc(S(=O)(=O)Oc2ccc(C=NNC(=O)c3ccc(Cl)c(Cl)c3)cc2)cc1. The second kappa shape index (κ2) is 10.5. The van der Waals surface area contributed by atoms with E-state index < -0.39 is 16.0 Å². The highest BCUT2D eigenvalue weighted by Crippen LogP contribution is 2.23. The Morgan fingerprint density at radius 3 is 2.21 bits per heavy atom. The Morgan fingerprint density at radius 2 is 1.61 bits per heavy atom. The summed E-state index contributed by atoms with van der Waals surface area (Å²) in [6.45, 7) is 1.35. The lowest BCUT2D eigenvalue weighted by Crippen LogP contribution is -2.17. The van der Waals surface area contributed by atoms with Crippen LogP contribution in [0.5, 0.6) is 5.75 Å². The first-order chi connectivity index (χ1) is 15.6. The van der Waals surface area contributed by atoms with E-state index in [0.29, 0.717) is 21.8 Å². The number of rotatable bonds is 7. The predicted molar refractivity (Wildman–Crippen MR) is 127 cm³/mol. The number of hydrogen-bond donors (Lipinski definition) is 2. The van der Waals surface area contributed by atoms with Crippen molar-refractivity contribution in [1.29, 1.82) is 0 Å². The zero-order valence-electron chi connectivity index (χ0n) is 17.1. The van der Waals surface area contributed by atoms with Crippen molar-refractivity contribution in [2.45, 2.75) is 11.8 Å². The quantitative estimate of drug-likeness (QED) is 0.279. The molecular formula is C22H17Cl2N3O5S. The average Bonchev–Trinajstić information content (AvgIpc) is 2.76. The van der Waals surface area contributed by atoms with E-state index in [1.54, 1.807) is 12.1 Å². The molecule has 0 unspecified atom stereocenters. The summed E-state index contributed by atoms with van der Waals surface area (Å²) in [6, 6.07) is 16.1. The summed E-state index contributed by atoms with van der Waals surface area (Å²) < 4.78 is 30.0. The van der Waals surface area contributed by atoms with Crippen LogP contribution >= 0.6 is 23.2 Å². The fraction of sp³-hybridized carbons (Fsp3) is 0.0455. The van der Waals surface area contributed by atoms with E-state index in [4.69, 9.17) is 27.4 Å². The first-order valence-corrected chi connectivity index (χ1v) is 11.5. The van der Waals surface area contributed by atoms with Gasteiger partial charge in [0.15, 0.2) is 0 Å². The minimum atomic E-state index is -4.06. The Morgan fingerprint density at radius 1 is 0.939 bits per heavy atom. The van der Waals surface area contributed by atoms with E-state index in [1.807, 2.05) is 0 Å². The number of nitrogens with one attached hydrogen (secondary N) is 2. The molecule has 2 N–H and O–H groups in total. The Bertz CT molecular complexity index is 1310. The zero-order valence-corrected chi connectivity index (χ0v) is 19.4. The number of benzene rings is 3. The molecule has 0 radical (unpaired) electrons. The molecule has 0 atom stereocenters. The number of hydrazone groups is 1. The van der Waals surface area contributed by atoms with E-state index in [2.05, 4.69) is 15.8 Å². The van der Waals surface area contributed by atoms with Gasteiger partial charge in [0.1, 0.15) is 10.6 Å². The van der Waals surface area contributed by atoms with Gasteiger partial charge in [-0.2, -0.15) is 13.5 Å². The highest BCUT2D eigenvalue weighted by atomic mass is 35.5. The Labute approximate surface area is 200 Å². The van der Waals surface area contributed by atoms with Crippen LogP contribution in [0.15, 0.2) is 76.7 Å². The van der Waals surface area contributed by atoms with Gasteiger partial charge in [0.25, 0.3) is 5.91 Å². The molecule has 0 heterocycles. The summed E-state index contributed by atoms with van der Waals surface area (Å²) in [5.74, 6) is -0.641. The van der Waals surface area contributed by atoms with Gasteiger partial charge in [-0.1, -0.05) is 23.2 Å². The fourth-order valence-electron chi connectivity index (χ4n) is 2.56. The first-order valence-electron chi connectivity index (χ1n) is 9.35. The van der Waals surface area contributed by atoms with Crippen molar-refractivity contribution in [3.05, 3.63) is 87.9 Å². The molecule has 0 saturated carbocycles.